The molecule has 4 nitrogen and oxygen atoms in total. The van der Waals surface area contributed by atoms with Crippen LogP contribution >= 0.6 is 11.3 Å². The number of piperidine rings is 1. The fourth-order valence-corrected chi connectivity index (χ4v) is 5.97. The number of hydrogen-bond donors (Lipinski definition) is 0. The predicted molar refractivity (Wildman–Crippen MR) is 97.1 cm³/mol. The molecule has 1 aromatic carbocycles. The molecule has 2 heterocycles. The Balaban J connectivity index is 1.65. The monoisotopic (exact) mass is 383 g/mol. The van der Waals surface area contributed by atoms with E-state index in [0.29, 0.717) is 23.9 Å². The average Bonchev–Trinajstić information content (AvgIpc) is 3.11. The minimum atomic E-state index is -3.45. The molecule has 1 atom stereocenters. The molecular weight excluding hydrogens is 361 g/mol. The molecule has 1 fully saturated rings. The second kappa shape index (κ2) is 7.85. The summed E-state index contributed by atoms with van der Waals surface area (Å²) in [4.78, 5) is 1.06. The smallest absolute Gasteiger partial charge is 0.252 e. The SMILES string of the molecule is CCc1ccc(S(=O)(=O)N2CCCC(COc3ccccc3F)C2)s1. The third-order valence-corrected chi connectivity index (χ3v) is 7.93. The van der Waals surface area contributed by atoms with Crippen molar-refractivity contribution in [1.82, 2.24) is 4.31 Å². The maximum absolute atomic E-state index is 13.6. The molecule has 25 heavy (non-hydrogen) atoms. The van der Waals surface area contributed by atoms with Crippen LogP contribution in [0.1, 0.15) is 24.6 Å². The Hall–Kier alpha value is -1.44. The Morgan fingerprint density at radius 1 is 1.28 bits per heavy atom. The van der Waals surface area contributed by atoms with Gasteiger partial charge in [0.15, 0.2) is 11.6 Å². The molecule has 0 aliphatic carbocycles. The summed E-state index contributed by atoms with van der Waals surface area (Å²) in [5.41, 5.74) is 0. The molecule has 2 aromatic rings. The summed E-state index contributed by atoms with van der Waals surface area (Å²) in [6.45, 7) is 3.27. The number of thiophene rings is 1. The van der Waals surface area contributed by atoms with Gasteiger partial charge in [-0.25, -0.2) is 12.8 Å². The minimum Gasteiger partial charge on any atom is -0.490 e. The third kappa shape index (κ3) is 4.22. The lowest BCUT2D eigenvalue weighted by atomic mass is 10.0. The maximum atomic E-state index is 13.6. The van der Waals surface area contributed by atoms with Gasteiger partial charge < -0.3 is 4.74 Å². The molecule has 1 unspecified atom stereocenters. The second-order valence-electron chi connectivity index (χ2n) is 6.19. The van der Waals surface area contributed by atoms with Crippen LogP contribution in [0.15, 0.2) is 40.6 Å². The van der Waals surface area contributed by atoms with Crippen LogP contribution in [-0.4, -0.2) is 32.4 Å². The van der Waals surface area contributed by atoms with Gasteiger partial charge in [0, 0.05) is 23.9 Å². The van der Waals surface area contributed by atoms with Crippen molar-refractivity contribution in [3.8, 4) is 5.75 Å². The van der Waals surface area contributed by atoms with E-state index in [1.54, 1.807) is 24.3 Å². The molecule has 0 radical (unpaired) electrons. The molecule has 1 aromatic heterocycles. The van der Waals surface area contributed by atoms with E-state index in [0.717, 1.165) is 24.1 Å². The molecule has 0 N–H and O–H groups in total. The van der Waals surface area contributed by atoms with Crippen LogP contribution in [0, 0.1) is 11.7 Å². The first-order valence-corrected chi connectivity index (χ1v) is 10.7. The average molecular weight is 384 g/mol. The third-order valence-electron chi connectivity index (χ3n) is 4.37. The van der Waals surface area contributed by atoms with Gasteiger partial charge in [-0.2, -0.15) is 4.31 Å². The fraction of sp³-hybridized carbons (Fsp3) is 0.444. The van der Waals surface area contributed by atoms with E-state index in [2.05, 4.69) is 0 Å². The summed E-state index contributed by atoms with van der Waals surface area (Å²) in [6.07, 6.45) is 2.50. The maximum Gasteiger partial charge on any atom is 0.252 e. The standard InChI is InChI=1S/C18H22FNO3S2/c1-2-15-9-10-18(24-15)25(21,22)20-11-5-6-14(12-20)13-23-17-8-4-3-7-16(17)19/h3-4,7-10,14H,2,5-6,11-13H2,1H3. The van der Waals surface area contributed by atoms with Crippen LogP contribution in [0.2, 0.25) is 0 Å². The molecule has 3 rings (SSSR count). The van der Waals surface area contributed by atoms with Crippen molar-refractivity contribution in [3.05, 3.63) is 47.1 Å². The van der Waals surface area contributed by atoms with Gasteiger partial charge in [-0.15, -0.1) is 11.3 Å². The lowest BCUT2D eigenvalue weighted by molar-refractivity contribution is 0.176. The first-order chi connectivity index (χ1) is 12.0. The van der Waals surface area contributed by atoms with Gasteiger partial charge in [0.2, 0.25) is 0 Å². The highest BCUT2D eigenvalue weighted by Gasteiger charge is 2.31. The van der Waals surface area contributed by atoms with Crippen molar-refractivity contribution in [3.63, 3.8) is 0 Å². The minimum absolute atomic E-state index is 0.0636. The molecule has 0 saturated carbocycles. The molecule has 1 saturated heterocycles. The van der Waals surface area contributed by atoms with E-state index in [4.69, 9.17) is 4.74 Å². The summed E-state index contributed by atoms with van der Waals surface area (Å²) in [6, 6.07) is 9.85. The Labute approximate surface area is 152 Å². The second-order valence-corrected chi connectivity index (χ2v) is 9.52. The predicted octanol–water partition coefficient (Wildman–Crippen LogP) is 3.93. The number of benzene rings is 1. The van der Waals surface area contributed by atoms with Crippen LogP contribution in [-0.2, 0) is 16.4 Å². The zero-order valence-electron chi connectivity index (χ0n) is 14.2. The Bertz CT molecular complexity index is 819. The first-order valence-electron chi connectivity index (χ1n) is 8.47. The van der Waals surface area contributed by atoms with Gasteiger partial charge in [0.05, 0.1) is 6.61 Å². The van der Waals surface area contributed by atoms with Crippen LogP contribution in [0.5, 0.6) is 5.75 Å². The summed E-state index contributed by atoms with van der Waals surface area (Å²) < 4.78 is 46.8. The van der Waals surface area contributed by atoms with E-state index in [-0.39, 0.29) is 11.7 Å². The van der Waals surface area contributed by atoms with Gasteiger partial charge in [-0.3, -0.25) is 0 Å². The number of rotatable bonds is 6. The molecule has 0 amide bonds. The Morgan fingerprint density at radius 2 is 2.08 bits per heavy atom. The van der Waals surface area contributed by atoms with E-state index in [1.165, 1.54) is 21.7 Å². The summed E-state index contributed by atoms with van der Waals surface area (Å²) in [5.74, 6) is -0.115. The highest BCUT2D eigenvalue weighted by atomic mass is 32.2. The van der Waals surface area contributed by atoms with Gasteiger partial charge in [-0.05, 0) is 43.5 Å². The Morgan fingerprint density at radius 3 is 2.80 bits per heavy atom. The quantitative estimate of drug-likeness (QED) is 0.759. The van der Waals surface area contributed by atoms with Crippen molar-refractivity contribution >= 4 is 21.4 Å². The molecule has 0 spiro atoms. The zero-order chi connectivity index (χ0) is 17.9. The van der Waals surface area contributed by atoms with E-state index >= 15 is 0 Å². The number of nitrogens with zero attached hydrogens (tertiary/aromatic N) is 1. The normalized spacial score (nSPS) is 19.0. The molecule has 7 heteroatoms. The van der Waals surface area contributed by atoms with Gasteiger partial charge in [0.25, 0.3) is 10.0 Å². The molecule has 1 aliphatic rings. The van der Waals surface area contributed by atoms with Crippen molar-refractivity contribution in [1.29, 1.82) is 0 Å². The van der Waals surface area contributed by atoms with Gasteiger partial charge in [0.1, 0.15) is 4.21 Å². The highest BCUT2D eigenvalue weighted by molar-refractivity contribution is 7.91. The number of aryl methyl sites for hydroxylation is 1. The lowest BCUT2D eigenvalue weighted by Crippen LogP contribution is -2.41. The number of ether oxygens (including phenoxy) is 1. The van der Waals surface area contributed by atoms with E-state index < -0.39 is 15.8 Å². The number of para-hydroxylation sites is 1. The van der Waals surface area contributed by atoms with Crippen molar-refractivity contribution < 1.29 is 17.5 Å². The number of halogens is 1. The number of hydrogen-bond acceptors (Lipinski definition) is 4. The lowest BCUT2D eigenvalue weighted by Gasteiger charge is -2.31. The fourth-order valence-electron chi connectivity index (χ4n) is 2.96. The van der Waals surface area contributed by atoms with Crippen LogP contribution in [0.25, 0.3) is 0 Å². The summed E-state index contributed by atoms with van der Waals surface area (Å²) >= 11 is 1.34. The zero-order valence-corrected chi connectivity index (χ0v) is 15.8. The van der Waals surface area contributed by atoms with Crippen LogP contribution < -0.4 is 4.74 Å². The largest absolute Gasteiger partial charge is 0.490 e. The van der Waals surface area contributed by atoms with E-state index in [1.807, 2.05) is 13.0 Å². The van der Waals surface area contributed by atoms with Crippen molar-refractivity contribution in [2.75, 3.05) is 19.7 Å². The first kappa shape index (κ1) is 18.4. The molecule has 1 aliphatic heterocycles. The topological polar surface area (TPSA) is 46.6 Å². The van der Waals surface area contributed by atoms with Gasteiger partial charge >= 0.3 is 0 Å². The van der Waals surface area contributed by atoms with Crippen molar-refractivity contribution in [2.45, 2.75) is 30.4 Å². The summed E-state index contributed by atoms with van der Waals surface area (Å²) in [5, 5.41) is 0. The molecule has 136 valence electrons. The van der Waals surface area contributed by atoms with Crippen LogP contribution in [0.3, 0.4) is 0 Å². The molecular formula is C18H22FNO3S2. The highest BCUT2D eigenvalue weighted by Crippen LogP contribution is 2.29. The molecule has 0 bridgehead atoms. The van der Waals surface area contributed by atoms with E-state index in [9.17, 15) is 12.8 Å². The number of sulfonamides is 1. The van der Waals surface area contributed by atoms with Crippen molar-refractivity contribution in [2.24, 2.45) is 5.92 Å². The van der Waals surface area contributed by atoms with Gasteiger partial charge in [-0.1, -0.05) is 19.1 Å². The summed E-state index contributed by atoms with van der Waals surface area (Å²) in [7, 11) is -3.45. The Kier molecular flexibility index (Phi) is 5.76. The van der Waals surface area contributed by atoms with Crippen LogP contribution in [0.4, 0.5) is 4.39 Å².